The smallest absolute Gasteiger partial charge is 0.292 e. The minimum atomic E-state index is -2.67. The molecule has 5 heteroatoms. The van der Waals surface area contributed by atoms with Crippen LogP contribution in [-0.4, -0.2) is 6.10 Å². The van der Waals surface area contributed by atoms with Crippen molar-refractivity contribution in [2.45, 2.75) is 26.4 Å². The number of nitrogens with zero attached hydrogens (tertiary/aromatic N) is 1. The average Bonchev–Trinajstić information content (AvgIpc) is 2.19. The molecule has 0 saturated heterocycles. The van der Waals surface area contributed by atoms with Crippen LogP contribution in [0.15, 0.2) is 18.2 Å². The minimum Gasteiger partial charge on any atom is -0.491 e. The van der Waals surface area contributed by atoms with E-state index < -0.39 is 6.43 Å². The Morgan fingerprint density at radius 3 is 2.50 bits per heavy atom. The number of hydrogen-bond donors (Lipinski definition) is 0. The van der Waals surface area contributed by atoms with Gasteiger partial charge in [0.1, 0.15) is 11.5 Å². The van der Waals surface area contributed by atoms with Gasteiger partial charge in [0.25, 0.3) is 12.7 Å². The maximum Gasteiger partial charge on any atom is 0.292 e. The number of nitriles is 1. The van der Waals surface area contributed by atoms with E-state index >= 15 is 0 Å². The molecular weight excluding hydrogens is 216 g/mol. The zero-order valence-electron chi connectivity index (χ0n) is 8.91. The lowest BCUT2D eigenvalue weighted by molar-refractivity contribution is 0.140. The second-order valence-corrected chi connectivity index (χ2v) is 3.36. The Morgan fingerprint density at radius 1 is 1.31 bits per heavy atom. The molecule has 0 radical (unpaired) electrons. The summed E-state index contributed by atoms with van der Waals surface area (Å²) in [5, 5.41) is 8.27. The Kier molecular flexibility index (Phi) is 4.06. The SMILES string of the molecule is CC(C)Oc1ccc(OC#N)cc1C(F)F. The van der Waals surface area contributed by atoms with E-state index in [0.29, 0.717) is 0 Å². The van der Waals surface area contributed by atoms with Gasteiger partial charge in [0.15, 0.2) is 0 Å². The molecule has 0 aliphatic rings. The van der Waals surface area contributed by atoms with Gasteiger partial charge in [0.2, 0.25) is 0 Å². The van der Waals surface area contributed by atoms with E-state index in [1.807, 2.05) is 0 Å². The van der Waals surface area contributed by atoms with E-state index in [-0.39, 0.29) is 23.2 Å². The predicted octanol–water partition coefficient (Wildman–Crippen LogP) is 3.27. The second-order valence-electron chi connectivity index (χ2n) is 3.36. The molecule has 0 spiro atoms. The van der Waals surface area contributed by atoms with Gasteiger partial charge in [-0.25, -0.2) is 8.78 Å². The topological polar surface area (TPSA) is 42.2 Å². The fourth-order valence-corrected chi connectivity index (χ4v) is 1.17. The summed E-state index contributed by atoms with van der Waals surface area (Å²) in [5.74, 6) is 0.184. The minimum absolute atomic E-state index is 0.0777. The number of alkyl halides is 2. The van der Waals surface area contributed by atoms with Crippen molar-refractivity contribution in [3.63, 3.8) is 0 Å². The van der Waals surface area contributed by atoms with E-state index in [9.17, 15) is 8.78 Å². The average molecular weight is 227 g/mol. The third-order valence-corrected chi connectivity index (χ3v) is 1.74. The molecule has 0 heterocycles. The zero-order chi connectivity index (χ0) is 12.1. The van der Waals surface area contributed by atoms with Crippen LogP contribution < -0.4 is 9.47 Å². The standard InChI is InChI=1S/C11H11F2NO2/c1-7(2)16-10-4-3-8(15-6-14)5-9(10)11(12)13/h3-5,7,11H,1-2H3. The molecule has 0 amide bonds. The highest BCUT2D eigenvalue weighted by Gasteiger charge is 2.16. The normalized spacial score (nSPS) is 10.3. The van der Waals surface area contributed by atoms with Crippen molar-refractivity contribution in [1.82, 2.24) is 0 Å². The molecule has 0 saturated carbocycles. The fourth-order valence-electron chi connectivity index (χ4n) is 1.17. The first-order valence-electron chi connectivity index (χ1n) is 4.69. The first-order chi connectivity index (χ1) is 7.54. The van der Waals surface area contributed by atoms with Crippen LogP contribution in [0.1, 0.15) is 25.8 Å². The molecule has 0 N–H and O–H groups in total. The summed E-state index contributed by atoms with van der Waals surface area (Å²) in [7, 11) is 0. The third-order valence-electron chi connectivity index (χ3n) is 1.74. The molecule has 1 rings (SSSR count). The van der Waals surface area contributed by atoms with Gasteiger partial charge in [0, 0.05) is 0 Å². The van der Waals surface area contributed by atoms with Gasteiger partial charge in [-0.05, 0) is 32.0 Å². The molecule has 0 aliphatic heterocycles. The van der Waals surface area contributed by atoms with Crippen LogP contribution in [0.4, 0.5) is 8.78 Å². The molecular formula is C11H11F2NO2. The molecule has 0 atom stereocenters. The van der Waals surface area contributed by atoms with Crippen LogP contribution in [0.5, 0.6) is 11.5 Å². The van der Waals surface area contributed by atoms with E-state index in [4.69, 9.17) is 10.00 Å². The summed E-state index contributed by atoms with van der Waals surface area (Å²) < 4.78 is 35.1. The van der Waals surface area contributed by atoms with Crippen molar-refractivity contribution in [2.24, 2.45) is 0 Å². The van der Waals surface area contributed by atoms with Gasteiger partial charge < -0.3 is 9.47 Å². The van der Waals surface area contributed by atoms with Gasteiger partial charge >= 0.3 is 0 Å². The summed E-state index contributed by atoms with van der Waals surface area (Å²) in [4.78, 5) is 0. The van der Waals surface area contributed by atoms with Gasteiger partial charge in [-0.2, -0.15) is 0 Å². The number of ether oxygens (including phenoxy) is 2. The largest absolute Gasteiger partial charge is 0.491 e. The van der Waals surface area contributed by atoms with Gasteiger partial charge in [-0.3, -0.25) is 0 Å². The molecule has 0 aromatic heterocycles. The third kappa shape index (κ3) is 3.09. The highest BCUT2D eigenvalue weighted by atomic mass is 19.3. The summed E-state index contributed by atoms with van der Waals surface area (Å²) in [6.45, 7) is 3.49. The van der Waals surface area contributed by atoms with Gasteiger partial charge in [0.05, 0.1) is 11.7 Å². The van der Waals surface area contributed by atoms with Crippen molar-refractivity contribution in [1.29, 1.82) is 5.26 Å². The van der Waals surface area contributed by atoms with Crippen LogP contribution in [0.2, 0.25) is 0 Å². The maximum absolute atomic E-state index is 12.7. The van der Waals surface area contributed by atoms with Crippen LogP contribution >= 0.6 is 0 Å². The van der Waals surface area contributed by atoms with E-state index in [1.54, 1.807) is 13.8 Å². The van der Waals surface area contributed by atoms with Crippen LogP contribution in [0.3, 0.4) is 0 Å². The summed E-state index contributed by atoms with van der Waals surface area (Å²) in [6, 6.07) is 3.88. The van der Waals surface area contributed by atoms with E-state index in [2.05, 4.69) is 4.74 Å². The Labute approximate surface area is 92.2 Å². The monoisotopic (exact) mass is 227 g/mol. The van der Waals surface area contributed by atoms with Gasteiger partial charge in [-0.1, -0.05) is 0 Å². The summed E-state index contributed by atoms with van der Waals surface area (Å²) >= 11 is 0. The van der Waals surface area contributed by atoms with E-state index in [1.165, 1.54) is 18.4 Å². The maximum atomic E-state index is 12.7. The number of rotatable bonds is 4. The fraction of sp³-hybridized carbons (Fsp3) is 0.364. The lowest BCUT2D eigenvalue weighted by Gasteiger charge is -2.14. The summed E-state index contributed by atoms with van der Waals surface area (Å²) in [6.07, 6.45) is -1.44. The zero-order valence-corrected chi connectivity index (χ0v) is 8.91. The molecule has 16 heavy (non-hydrogen) atoms. The van der Waals surface area contributed by atoms with Crippen molar-refractivity contribution >= 4 is 0 Å². The van der Waals surface area contributed by atoms with E-state index in [0.717, 1.165) is 6.07 Å². The lowest BCUT2D eigenvalue weighted by Crippen LogP contribution is -2.07. The predicted molar refractivity (Wildman–Crippen MR) is 53.4 cm³/mol. The highest BCUT2D eigenvalue weighted by Crippen LogP contribution is 2.32. The first-order valence-corrected chi connectivity index (χ1v) is 4.69. The number of halogens is 2. The number of benzene rings is 1. The molecule has 0 unspecified atom stereocenters. The second kappa shape index (κ2) is 5.31. The van der Waals surface area contributed by atoms with Crippen LogP contribution in [0.25, 0.3) is 0 Å². The lowest BCUT2D eigenvalue weighted by atomic mass is 10.2. The molecule has 86 valence electrons. The Hall–Kier alpha value is -1.83. The van der Waals surface area contributed by atoms with Crippen molar-refractivity contribution < 1.29 is 18.3 Å². The number of hydrogen-bond acceptors (Lipinski definition) is 3. The molecule has 0 bridgehead atoms. The quantitative estimate of drug-likeness (QED) is 0.741. The van der Waals surface area contributed by atoms with Crippen molar-refractivity contribution in [3.05, 3.63) is 23.8 Å². The molecule has 1 aromatic carbocycles. The van der Waals surface area contributed by atoms with Gasteiger partial charge in [-0.15, -0.1) is 5.26 Å². The van der Waals surface area contributed by atoms with Crippen molar-refractivity contribution in [2.75, 3.05) is 0 Å². The molecule has 0 fully saturated rings. The molecule has 0 aliphatic carbocycles. The summed E-state index contributed by atoms with van der Waals surface area (Å²) in [5.41, 5.74) is -0.276. The Balaban J connectivity index is 3.05. The van der Waals surface area contributed by atoms with Crippen molar-refractivity contribution in [3.8, 4) is 17.8 Å². The van der Waals surface area contributed by atoms with Crippen LogP contribution in [-0.2, 0) is 0 Å². The Morgan fingerprint density at radius 2 is 2.00 bits per heavy atom. The molecule has 1 aromatic rings. The molecule has 3 nitrogen and oxygen atoms in total. The highest BCUT2D eigenvalue weighted by molar-refractivity contribution is 5.41. The van der Waals surface area contributed by atoms with Crippen LogP contribution in [0, 0.1) is 11.5 Å². The Bertz CT molecular complexity index is 399. The first kappa shape index (κ1) is 12.2.